The van der Waals surface area contributed by atoms with Gasteiger partial charge in [-0.25, -0.2) is 8.42 Å². The van der Waals surface area contributed by atoms with Crippen molar-refractivity contribution in [2.24, 2.45) is 5.92 Å². The van der Waals surface area contributed by atoms with Gasteiger partial charge in [0, 0.05) is 32.1 Å². The van der Waals surface area contributed by atoms with Gasteiger partial charge in [-0.15, -0.1) is 0 Å². The maximum absolute atomic E-state index is 12.5. The van der Waals surface area contributed by atoms with Crippen LogP contribution in [0.15, 0.2) is 24.3 Å². The summed E-state index contributed by atoms with van der Waals surface area (Å²) in [5.74, 6) is 0.0680. The van der Waals surface area contributed by atoms with Crippen LogP contribution in [0, 0.1) is 12.8 Å². The van der Waals surface area contributed by atoms with Gasteiger partial charge in [0.15, 0.2) is 0 Å². The predicted molar refractivity (Wildman–Crippen MR) is 86.8 cm³/mol. The fraction of sp³-hybridized carbons (Fsp3) is 0.562. The van der Waals surface area contributed by atoms with Crippen LogP contribution in [0.25, 0.3) is 0 Å². The highest BCUT2D eigenvalue weighted by Gasteiger charge is 2.29. The Labute approximate surface area is 133 Å². The lowest BCUT2D eigenvalue weighted by Gasteiger charge is -2.34. The summed E-state index contributed by atoms with van der Waals surface area (Å²) < 4.78 is 26.5. The van der Waals surface area contributed by atoms with Gasteiger partial charge in [0.25, 0.3) is 0 Å². The predicted octanol–water partition coefficient (Wildman–Crippen LogP) is 1.63. The number of carbonyl (C=O) groups excluding carboxylic acids is 1. The Bertz CT molecular complexity index is 633. The van der Waals surface area contributed by atoms with Crippen molar-refractivity contribution in [3.63, 3.8) is 0 Å². The molecule has 5 nitrogen and oxygen atoms in total. The Hall–Kier alpha value is -1.40. The van der Waals surface area contributed by atoms with Crippen molar-refractivity contribution in [3.8, 4) is 0 Å². The lowest BCUT2D eigenvalue weighted by Crippen LogP contribution is -2.51. The molecule has 0 saturated carbocycles. The Morgan fingerprint density at radius 3 is 2.36 bits per heavy atom. The minimum Gasteiger partial charge on any atom is -0.340 e. The molecule has 1 aliphatic rings. The van der Waals surface area contributed by atoms with E-state index in [9.17, 15) is 13.2 Å². The van der Waals surface area contributed by atoms with Crippen LogP contribution in [-0.2, 0) is 20.6 Å². The van der Waals surface area contributed by atoms with Gasteiger partial charge in [-0.3, -0.25) is 4.79 Å². The van der Waals surface area contributed by atoms with Crippen LogP contribution in [0.3, 0.4) is 0 Å². The second-order valence-electron chi connectivity index (χ2n) is 6.12. The number of benzene rings is 1. The molecular formula is C16H24N2O3S. The highest BCUT2D eigenvalue weighted by atomic mass is 32.2. The van der Waals surface area contributed by atoms with Crippen LogP contribution in [0.4, 0.5) is 0 Å². The average Bonchev–Trinajstić information content (AvgIpc) is 2.46. The second-order valence-corrected chi connectivity index (χ2v) is 8.09. The van der Waals surface area contributed by atoms with Crippen LogP contribution >= 0.6 is 0 Å². The summed E-state index contributed by atoms with van der Waals surface area (Å²) in [4.78, 5) is 13.7. The molecule has 122 valence electrons. The second kappa shape index (κ2) is 6.79. The lowest BCUT2D eigenvalue weighted by atomic mass is 10.2. The fourth-order valence-electron chi connectivity index (χ4n) is 2.66. The number of rotatable bonds is 4. The number of hydrogen-bond donors (Lipinski definition) is 0. The van der Waals surface area contributed by atoms with Crippen molar-refractivity contribution in [1.29, 1.82) is 0 Å². The standard InChI is InChI=1S/C16H24N2O3S/c1-13(2)16(19)17-7-9-18(10-8-17)22(20,21)12-15-6-4-5-14(3)11-15/h4-6,11,13H,7-10,12H2,1-3H3. The molecule has 1 aromatic carbocycles. The Kier molecular flexibility index (Phi) is 5.24. The highest BCUT2D eigenvalue weighted by Crippen LogP contribution is 2.15. The van der Waals surface area contributed by atoms with Gasteiger partial charge in [-0.05, 0) is 12.5 Å². The van der Waals surface area contributed by atoms with Gasteiger partial charge in [0.05, 0.1) is 5.75 Å². The molecule has 0 unspecified atom stereocenters. The molecule has 0 atom stereocenters. The smallest absolute Gasteiger partial charge is 0.225 e. The van der Waals surface area contributed by atoms with E-state index in [1.165, 1.54) is 4.31 Å². The Morgan fingerprint density at radius 1 is 1.18 bits per heavy atom. The first-order chi connectivity index (χ1) is 10.3. The van der Waals surface area contributed by atoms with E-state index in [2.05, 4.69) is 0 Å². The van der Waals surface area contributed by atoms with Crippen LogP contribution in [0.1, 0.15) is 25.0 Å². The molecule has 1 saturated heterocycles. The first-order valence-corrected chi connectivity index (χ1v) is 9.22. The summed E-state index contributed by atoms with van der Waals surface area (Å²) in [6.07, 6.45) is 0. The summed E-state index contributed by atoms with van der Waals surface area (Å²) in [7, 11) is -3.33. The van der Waals surface area contributed by atoms with Gasteiger partial charge in [-0.1, -0.05) is 43.7 Å². The van der Waals surface area contributed by atoms with Crippen LogP contribution in [-0.4, -0.2) is 49.7 Å². The SMILES string of the molecule is Cc1cccc(CS(=O)(=O)N2CCN(C(=O)C(C)C)CC2)c1. The topological polar surface area (TPSA) is 57.7 Å². The number of carbonyl (C=O) groups is 1. The summed E-state index contributed by atoms with van der Waals surface area (Å²) in [5, 5.41) is 0. The fourth-order valence-corrected chi connectivity index (χ4v) is 4.16. The zero-order valence-corrected chi connectivity index (χ0v) is 14.3. The lowest BCUT2D eigenvalue weighted by molar-refractivity contribution is -0.135. The first kappa shape index (κ1) is 17.0. The van der Waals surface area contributed by atoms with E-state index in [1.54, 1.807) is 4.90 Å². The summed E-state index contributed by atoms with van der Waals surface area (Å²) >= 11 is 0. The molecule has 0 aromatic heterocycles. The van der Waals surface area contributed by atoms with Crippen molar-refractivity contribution in [3.05, 3.63) is 35.4 Å². The molecule has 1 aliphatic heterocycles. The van der Waals surface area contributed by atoms with E-state index >= 15 is 0 Å². The normalized spacial score (nSPS) is 17.0. The molecule has 1 fully saturated rings. The van der Waals surface area contributed by atoms with E-state index in [0.29, 0.717) is 26.2 Å². The molecule has 0 spiro atoms. The molecule has 1 heterocycles. The number of piperazine rings is 1. The van der Waals surface area contributed by atoms with Crippen molar-refractivity contribution in [2.45, 2.75) is 26.5 Å². The largest absolute Gasteiger partial charge is 0.340 e. The minimum atomic E-state index is -3.33. The number of hydrogen-bond acceptors (Lipinski definition) is 3. The molecular weight excluding hydrogens is 300 g/mol. The number of amides is 1. The summed E-state index contributed by atoms with van der Waals surface area (Å²) in [5.41, 5.74) is 1.86. The molecule has 0 radical (unpaired) electrons. The Morgan fingerprint density at radius 2 is 1.82 bits per heavy atom. The maximum Gasteiger partial charge on any atom is 0.225 e. The van der Waals surface area contributed by atoms with E-state index < -0.39 is 10.0 Å². The van der Waals surface area contributed by atoms with E-state index in [0.717, 1.165) is 11.1 Å². The van der Waals surface area contributed by atoms with E-state index in [4.69, 9.17) is 0 Å². The molecule has 6 heteroatoms. The van der Waals surface area contributed by atoms with Crippen LogP contribution < -0.4 is 0 Å². The van der Waals surface area contributed by atoms with E-state index in [-0.39, 0.29) is 17.6 Å². The van der Waals surface area contributed by atoms with Gasteiger partial charge in [-0.2, -0.15) is 4.31 Å². The zero-order chi connectivity index (χ0) is 16.3. The number of nitrogens with zero attached hydrogens (tertiary/aromatic N) is 2. The van der Waals surface area contributed by atoms with Gasteiger partial charge in [0.1, 0.15) is 0 Å². The quantitative estimate of drug-likeness (QED) is 0.846. The third-order valence-corrected chi connectivity index (χ3v) is 5.72. The van der Waals surface area contributed by atoms with Crippen molar-refractivity contribution < 1.29 is 13.2 Å². The number of aryl methyl sites for hydroxylation is 1. The molecule has 0 aliphatic carbocycles. The molecule has 0 N–H and O–H groups in total. The average molecular weight is 324 g/mol. The first-order valence-electron chi connectivity index (χ1n) is 7.62. The van der Waals surface area contributed by atoms with Gasteiger partial charge < -0.3 is 4.90 Å². The molecule has 1 aromatic rings. The molecule has 1 amide bonds. The van der Waals surface area contributed by atoms with Crippen molar-refractivity contribution >= 4 is 15.9 Å². The molecule has 22 heavy (non-hydrogen) atoms. The van der Waals surface area contributed by atoms with Gasteiger partial charge in [0.2, 0.25) is 15.9 Å². The maximum atomic E-state index is 12.5. The van der Waals surface area contributed by atoms with Gasteiger partial charge >= 0.3 is 0 Å². The molecule has 0 bridgehead atoms. The third-order valence-electron chi connectivity index (χ3n) is 3.87. The summed E-state index contributed by atoms with van der Waals surface area (Å²) in [6, 6.07) is 7.56. The zero-order valence-electron chi connectivity index (χ0n) is 13.4. The minimum absolute atomic E-state index is 0.0206. The number of sulfonamides is 1. The van der Waals surface area contributed by atoms with Crippen molar-refractivity contribution in [2.75, 3.05) is 26.2 Å². The molecule has 2 rings (SSSR count). The third kappa shape index (κ3) is 4.08. The monoisotopic (exact) mass is 324 g/mol. The van der Waals surface area contributed by atoms with Crippen molar-refractivity contribution in [1.82, 2.24) is 9.21 Å². The van der Waals surface area contributed by atoms with Crippen LogP contribution in [0.5, 0.6) is 0 Å². The summed E-state index contributed by atoms with van der Waals surface area (Å²) in [6.45, 7) is 7.39. The highest BCUT2D eigenvalue weighted by molar-refractivity contribution is 7.88. The van der Waals surface area contributed by atoms with Crippen LogP contribution in [0.2, 0.25) is 0 Å². The van der Waals surface area contributed by atoms with E-state index in [1.807, 2.05) is 45.0 Å². The Balaban J connectivity index is 1.99.